The third-order valence-corrected chi connectivity index (χ3v) is 5.50. The van der Waals surface area contributed by atoms with Crippen LogP contribution in [0, 0.1) is 6.92 Å². The highest BCUT2D eigenvalue weighted by Gasteiger charge is 2.21. The van der Waals surface area contributed by atoms with Crippen molar-refractivity contribution in [1.29, 1.82) is 0 Å². The van der Waals surface area contributed by atoms with Crippen molar-refractivity contribution in [1.82, 2.24) is 9.80 Å². The van der Waals surface area contributed by atoms with Gasteiger partial charge in [-0.1, -0.05) is 43.7 Å². The highest BCUT2D eigenvalue weighted by molar-refractivity contribution is 7.11. The number of alkyl halides is 1. The van der Waals surface area contributed by atoms with Crippen molar-refractivity contribution in [2.24, 2.45) is 0 Å². The van der Waals surface area contributed by atoms with Gasteiger partial charge in [0, 0.05) is 22.8 Å². The second-order valence-electron chi connectivity index (χ2n) is 6.55. The van der Waals surface area contributed by atoms with Crippen LogP contribution in [-0.2, 0) is 22.7 Å². The fourth-order valence-electron chi connectivity index (χ4n) is 2.78. The van der Waals surface area contributed by atoms with Crippen LogP contribution in [-0.4, -0.2) is 40.6 Å². The van der Waals surface area contributed by atoms with E-state index < -0.39 is 0 Å². The van der Waals surface area contributed by atoms with Crippen LogP contribution in [0.5, 0.6) is 0 Å². The molecule has 0 aliphatic rings. The van der Waals surface area contributed by atoms with Gasteiger partial charge in [0.2, 0.25) is 11.8 Å². The van der Waals surface area contributed by atoms with Crippen LogP contribution < -0.4 is 0 Å². The monoisotopic (exact) mass is 406 g/mol. The Kier molecular flexibility index (Phi) is 8.82. The molecular formula is C21H27ClN2O2S. The van der Waals surface area contributed by atoms with Gasteiger partial charge in [-0.25, -0.2) is 0 Å². The smallest absolute Gasteiger partial charge is 0.242 e. The largest absolute Gasteiger partial charge is 0.332 e. The molecule has 1 aromatic heterocycles. The van der Waals surface area contributed by atoms with Crippen LogP contribution in [0.4, 0.5) is 0 Å². The second kappa shape index (κ2) is 11.1. The Morgan fingerprint density at radius 3 is 2.33 bits per heavy atom. The van der Waals surface area contributed by atoms with Gasteiger partial charge in [-0.2, -0.15) is 0 Å². The Bertz CT molecular complexity index is 733. The zero-order chi connectivity index (χ0) is 19.6. The number of hydrogen-bond donors (Lipinski definition) is 0. The molecule has 0 saturated heterocycles. The van der Waals surface area contributed by atoms with Crippen LogP contribution >= 0.6 is 22.9 Å². The number of benzene rings is 1. The molecule has 0 bridgehead atoms. The van der Waals surface area contributed by atoms with E-state index in [9.17, 15) is 9.59 Å². The Morgan fingerprint density at radius 2 is 1.74 bits per heavy atom. The first-order valence-corrected chi connectivity index (χ1v) is 10.6. The highest BCUT2D eigenvalue weighted by atomic mass is 35.5. The summed E-state index contributed by atoms with van der Waals surface area (Å²) < 4.78 is 0. The first-order valence-electron chi connectivity index (χ1n) is 9.24. The van der Waals surface area contributed by atoms with Crippen molar-refractivity contribution in [3.63, 3.8) is 0 Å². The maximum absolute atomic E-state index is 13.0. The Labute approximate surface area is 170 Å². The molecule has 2 rings (SSSR count). The first kappa shape index (κ1) is 21.5. The van der Waals surface area contributed by atoms with Gasteiger partial charge in [-0.3, -0.25) is 9.59 Å². The summed E-state index contributed by atoms with van der Waals surface area (Å²) in [5.41, 5.74) is 1.07. The molecule has 6 heteroatoms. The molecule has 0 N–H and O–H groups in total. The number of unbranched alkanes of at least 4 members (excludes halogenated alkanes) is 1. The van der Waals surface area contributed by atoms with Gasteiger partial charge in [0.1, 0.15) is 5.88 Å². The lowest BCUT2D eigenvalue weighted by Gasteiger charge is -2.27. The topological polar surface area (TPSA) is 40.6 Å². The normalized spacial score (nSPS) is 10.6. The molecule has 0 fully saturated rings. The average Bonchev–Trinajstić information content (AvgIpc) is 3.09. The van der Waals surface area contributed by atoms with Gasteiger partial charge in [0.15, 0.2) is 0 Å². The third kappa shape index (κ3) is 7.00. The molecule has 1 aromatic carbocycles. The van der Waals surface area contributed by atoms with Crippen LogP contribution in [0.2, 0.25) is 0 Å². The van der Waals surface area contributed by atoms with E-state index in [1.807, 2.05) is 35.2 Å². The molecule has 4 nitrogen and oxygen atoms in total. The van der Waals surface area contributed by atoms with E-state index in [4.69, 9.17) is 11.6 Å². The standard InChI is InChI=1S/C21H27ClN2O2S/c1-3-4-12-23(20(25)13-22)16-21(26)24(14-18-8-6-5-7-9-18)15-19-11-10-17(2)27-19/h5-11H,3-4,12-16H2,1-2H3. The predicted octanol–water partition coefficient (Wildman–Crippen LogP) is 4.45. The lowest BCUT2D eigenvalue weighted by Crippen LogP contribution is -2.43. The van der Waals surface area contributed by atoms with Crippen molar-refractivity contribution in [2.75, 3.05) is 19.0 Å². The van der Waals surface area contributed by atoms with Gasteiger partial charge in [0.25, 0.3) is 0 Å². The molecule has 27 heavy (non-hydrogen) atoms. The quantitative estimate of drug-likeness (QED) is 0.547. The maximum atomic E-state index is 13.0. The van der Waals surface area contributed by atoms with Crippen LogP contribution in [0.3, 0.4) is 0 Å². The molecule has 2 amide bonds. The van der Waals surface area contributed by atoms with E-state index in [0.29, 0.717) is 19.6 Å². The van der Waals surface area contributed by atoms with E-state index in [-0.39, 0.29) is 24.2 Å². The molecule has 146 valence electrons. The number of rotatable bonds is 10. The Balaban J connectivity index is 2.14. The molecule has 2 aromatic rings. The van der Waals surface area contributed by atoms with Crippen molar-refractivity contribution in [3.05, 3.63) is 57.8 Å². The fraction of sp³-hybridized carbons (Fsp3) is 0.429. The van der Waals surface area contributed by atoms with Gasteiger partial charge >= 0.3 is 0 Å². The number of carbonyl (C=O) groups excluding carboxylic acids is 2. The second-order valence-corrected chi connectivity index (χ2v) is 8.19. The van der Waals surface area contributed by atoms with E-state index in [0.717, 1.165) is 23.3 Å². The Hall–Kier alpha value is -1.85. The molecule has 0 spiro atoms. The first-order chi connectivity index (χ1) is 13.0. The number of aryl methyl sites for hydroxylation is 1. The third-order valence-electron chi connectivity index (χ3n) is 4.29. The predicted molar refractivity (Wildman–Crippen MR) is 112 cm³/mol. The number of amides is 2. The minimum Gasteiger partial charge on any atom is -0.332 e. The van der Waals surface area contributed by atoms with Gasteiger partial charge in [-0.05, 0) is 31.0 Å². The summed E-state index contributed by atoms with van der Waals surface area (Å²) in [7, 11) is 0. The number of thiophene rings is 1. The molecule has 1 heterocycles. The molecule has 0 radical (unpaired) electrons. The van der Waals surface area contributed by atoms with Gasteiger partial charge < -0.3 is 9.80 Å². The minimum atomic E-state index is -0.190. The lowest BCUT2D eigenvalue weighted by molar-refractivity contribution is -0.140. The van der Waals surface area contributed by atoms with Gasteiger partial charge in [0.05, 0.1) is 13.1 Å². The molecule has 0 atom stereocenters. The van der Waals surface area contributed by atoms with Crippen molar-refractivity contribution >= 4 is 34.8 Å². The van der Waals surface area contributed by atoms with Crippen LogP contribution in [0.15, 0.2) is 42.5 Å². The number of carbonyl (C=O) groups is 2. The number of halogens is 1. The van der Waals surface area contributed by atoms with E-state index in [1.54, 1.807) is 16.2 Å². The zero-order valence-corrected chi connectivity index (χ0v) is 17.6. The summed E-state index contributed by atoms with van der Waals surface area (Å²) in [4.78, 5) is 30.9. The van der Waals surface area contributed by atoms with Gasteiger partial charge in [-0.15, -0.1) is 22.9 Å². The number of hydrogen-bond acceptors (Lipinski definition) is 3. The highest BCUT2D eigenvalue weighted by Crippen LogP contribution is 2.19. The summed E-state index contributed by atoms with van der Waals surface area (Å²) in [5.74, 6) is -0.343. The molecule has 0 aliphatic carbocycles. The maximum Gasteiger partial charge on any atom is 0.242 e. The fourth-order valence-corrected chi connectivity index (χ4v) is 3.86. The summed E-state index contributed by atoms with van der Waals surface area (Å²) >= 11 is 7.43. The average molecular weight is 407 g/mol. The molecule has 0 aliphatic heterocycles. The summed E-state index contributed by atoms with van der Waals surface area (Å²) in [6.07, 6.45) is 1.82. The summed E-state index contributed by atoms with van der Waals surface area (Å²) in [6, 6.07) is 14.1. The lowest BCUT2D eigenvalue weighted by atomic mass is 10.2. The number of nitrogens with zero attached hydrogens (tertiary/aromatic N) is 2. The minimum absolute atomic E-state index is 0.0560. The van der Waals surface area contributed by atoms with Crippen LogP contribution in [0.1, 0.15) is 35.1 Å². The summed E-state index contributed by atoms with van der Waals surface area (Å²) in [6.45, 7) is 5.82. The summed E-state index contributed by atoms with van der Waals surface area (Å²) in [5, 5.41) is 0. The van der Waals surface area contributed by atoms with E-state index in [2.05, 4.69) is 26.0 Å². The molecule has 0 unspecified atom stereocenters. The molecular weight excluding hydrogens is 380 g/mol. The Morgan fingerprint density at radius 1 is 1.00 bits per heavy atom. The van der Waals surface area contributed by atoms with E-state index in [1.165, 1.54) is 4.88 Å². The van der Waals surface area contributed by atoms with Crippen molar-refractivity contribution in [2.45, 2.75) is 39.8 Å². The SMILES string of the molecule is CCCCN(CC(=O)N(Cc1ccccc1)Cc1ccc(C)s1)C(=O)CCl. The zero-order valence-electron chi connectivity index (χ0n) is 16.0. The van der Waals surface area contributed by atoms with Crippen molar-refractivity contribution < 1.29 is 9.59 Å². The molecule has 0 saturated carbocycles. The van der Waals surface area contributed by atoms with Crippen LogP contribution in [0.25, 0.3) is 0 Å². The van der Waals surface area contributed by atoms with Crippen molar-refractivity contribution in [3.8, 4) is 0 Å². The van der Waals surface area contributed by atoms with E-state index >= 15 is 0 Å².